The van der Waals surface area contributed by atoms with Crippen molar-refractivity contribution in [2.75, 3.05) is 0 Å². The molecule has 1 aromatic carbocycles. The van der Waals surface area contributed by atoms with Crippen LogP contribution < -0.4 is 10.9 Å². The lowest BCUT2D eigenvalue weighted by Crippen LogP contribution is -2.34. The van der Waals surface area contributed by atoms with Crippen molar-refractivity contribution in [1.29, 1.82) is 0 Å². The van der Waals surface area contributed by atoms with Gasteiger partial charge in [-0.25, -0.2) is 4.98 Å². The first-order valence-corrected chi connectivity index (χ1v) is 7.76. The normalized spacial score (nSPS) is 12.3. The molecule has 0 spiro atoms. The summed E-state index contributed by atoms with van der Waals surface area (Å²) in [5.74, 6) is -0.251. The molecule has 0 bridgehead atoms. The van der Waals surface area contributed by atoms with E-state index in [2.05, 4.69) is 20.3 Å². The number of nitrogens with one attached hydrogen (secondary N) is 2. The monoisotopic (exact) mass is 322 g/mol. The Morgan fingerprint density at radius 2 is 1.96 bits per heavy atom. The number of hydrogen-bond acceptors (Lipinski definition) is 4. The fraction of sp³-hybridized carbons (Fsp3) is 0.222. The topological polar surface area (TPSA) is 87.7 Å². The number of aromatic amines is 1. The third kappa shape index (κ3) is 3.17. The summed E-state index contributed by atoms with van der Waals surface area (Å²) in [6.45, 7) is 4.02. The molecule has 0 fully saturated rings. The molecule has 2 heterocycles. The molecule has 0 aliphatic carbocycles. The van der Waals surface area contributed by atoms with Crippen LogP contribution >= 0.6 is 0 Å². The van der Waals surface area contributed by atoms with Gasteiger partial charge < -0.3 is 10.3 Å². The van der Waals surface area contributed by atoms with Crippen molar-refractivity contribution in [2.24, 2.45) is 5.92 Å². The Morgan fingerprint density at radius 1 is 1.17 bits per heavy atom. The Hall–Kier alpha value is -3.02. The Morgan fingerprint density at radius 3 is 2.67 bits per heavy atom. The van der Waals surface area contributed by atoms with Crippen LogP contribution in [-0.2, 0) is 0 Å². The second-order valence-electron chi connectivity index (χ2n) is 5.91. The van der Waals surface area contributed by atoms with Crippen molar-refractivity contribution in [2.45, 2.75) is 19.9 Å². The molecule has 1 amide bonds. The first-order chi connectivity index (χ1) is 11.6. The molecule has 0 saturated heterocycles. The number of nitrogens with zero attached hydrogens (tertiary/aromatic N) is 2. The molecule has 0 aliphatic heterocycles. The van der Waals surface area contributed by atoms with Gasteiger partial charge in [0, 0.05) is 12.4 Å². The van der Waals surface area contributed by atoms with E-state index in [-0.39, 0.29) is 23.3 Å². The molecule has 2 aromatic heterocycles. The number of carbonyl (C=O) groups excluding carboxylic acids is 1. The number of amides is 1. The van der Waals surface area contributed by atoms with Crippen molar-refractivity contribution < 1.29 is 4.79 Å². The number of pyridine rings is 1. The molecule has 24 heavy (non-hydrogen) atoms. The Balaban J connectivity index is 1.92. The summed E-state index contributed by atoms with van der Waals surface area (Å²) < 4.78 is 0. The van der Waals surface area contributed by atoms with E-state index in [1.807, 2.05) is 26.0 Å². The van der Waals surface area contributed by atoms with Crippen LogP contribution in [-0.4, -0.2) is 20.9 Å². The lowest BCUT2D eigenvalue weighted by atomic mass is 9.97. The summed E-state index contributed by atoms with van der Waals surface area (Å²) in [6, 6.07) is 10.4. The Bertz CT molecular complexity index is 919. The minimum Gasteiger partial charge on any atom is -0.342 e. The average molecular weight is 322 g/mol. The summed E-state index contributed by atoms with van der Waals surface area (Å²) in [5, 5.41) is 3.39. The van der Waals surface area contributed by atoms with E-state index in [0.29, 0.717) is 10.9 Å². The van der Waals surface area contributed by atoms with Crippen LogP contribution in [0.3, 0.4) is 0 Å². The largest absolute Gasteiger partial charge is 0.342 e. The molecule has 3 aromatic rings. The van der Waals surface area contributed by atoms with Gasteiger partial charge in [0.25, 0.3) is 11.5 Å². The zero-order valence-electron chi connectivity index (χ0n) is 13.5. The van der Waals surface area contributed by atoms with Gasteiger partial charge >= 0.3 is 0 Å². The number of fused-ring (bicyclic) bond motifs is 1. The second-order valence-corrected chi connectivity index (χ2v) is 5.91. The van der Waals surface area contributed by atoms with Gasteiger partial charge in [-0.1, -0.05) is 32.0 Å². The highest BCUT2D eigenvalue weighted by Gasteiger charge is 2.21. The van der Waals surface area contributed by atoms with Crippen molar-refractivity contribution >= 4 is 16.8 Å². The SMILES string of the molecule is CC(C)[C@H](NC(=O)c1nc2ccccc2c(=O)[nH]1)c1cccnc1. The van der Waals surface area contributed by atoms with E-state index >= 15 is 0 Å². The number of benzene rings is 1. The van der Waals surface area contributed by atoms with E-state index in [1.54, 1.807) is 36.7 Å². The Kier molecular flexibility index (Phi) is 4.37. The first kappa shape index (κ1) is 15.9. The zero-order chi connectivity index (χ0) is 17.1. The molecular formula is C18H18N4O2. The quantitative estimate of drug-likeness (QED) is 0.772. The van der Waals surface area contributed by atoms with Gasteiger partial charge in [-0.2, -0.15) is 0 Å². The number of H-pyrrole nitrogens is 1. The third-order valence-electron chi connectivity index (χ3n) is 3.82. The van der Waals surface area contributed by atoms with Crippen LogP contribution in [0.15, 0.2) is 53.6 Å². The minimum absolute atomic E-state index is 0.00763. The first-order valence-electron chi connectivity index (χ1n) is 7.76. The molecule has 0 saturated carbocycles. The molecule has 122 valence electrons. The standard InChI is InChI=1S/C18H18N4O2/c1-11(2)15(12-6-5-9-19-10-12)21-18(24)16-20-14-8-4-3-7-13(14)17(23)22-16/h3-11,15H,1-2H3,(H,21,24)(H,20,22,23)/t15-/m0/s1. The van der Waals surface area contributed by atoms with Crippen molar-refractivity contribution in [1.82, 2.24) is 20.3 Å². The number of aromatic nitrogens is 3. The summed E-state index contributed by atoms with van der Waals surface area (Å²) in [6.07, 6.45) is 3.41. The number of carbonyl (C=O) groups is 1. The Labute approximate surface area is 139 Å². The van der Waals surface area contributed by atoms with Crippen LogP contribution in [0.4, 0.5) is 0 Å². The van der Waals surface area contributed by atoms with E-state index in [1.165, 1.54) is 0 Å². The highest BCUT2D eigenvalue weighted by atomic mass is 16.2. The van der Waals surface area contributed by atoms with Crippen molar-refractivity contribution in [3.05, 3.63) is 70.5 Å². The maximum absolute atomic E-state index is 12.6. The molecule has 6 nitrogen and oxygen atoms in total. The molecule has 0 unspecified atom stereocenters. The second kappa shape index (κ2) is 6.62. The maximum atomic E-state index is 12.6. The van der Waals surface area contributed by atoms with E-state index < -0.39 is 5.91 Å². The number of rotatable bonds is 4. The molecule has 2 N–H and O–H groups in total. The van der Waals surface area contributed by atoms with Crippen LogP contribution in [0.25, 0.3) is 10.9 Å². The smallest absolute Gasteiger partial charge is 0.287 e. The fourth-order valence-electron chi connectivity index (χ4n) is 2.60. The highest BCUT2D eigenvalue weighted by molar-refractivity contribution is 5.92. The number of hydrogen-bond donors (Lipinski definition) is 2. The molecule has 1 atom stereocenters. The van der Waals surface area contributed by atoms with Gasteiger partial charge in [0.05, 0.1) is 16.9 Å². The van der Waals surface area contributed by atoms with E-state index in [0.717, 1.165) is 5.56 Å². The van der Waals surface area contributed by atoms with Crippen LogP contribution in [0, 0.1) is 5.92 Å². The van der Waals surface area contributed by atoms with Gasteiger partial charge in [0.2, 0.25) is 0 Å². The average Bonchev–Trinajstić information content (AvgIpc) is 2.60. The molecule has 0 radical (unpaired) electrons. The number of para-hydroxylation sites is 1. The molecule has 3 rings (SSSR count). The molecule has 6 heteroatoms. The zero-order valence-corrected chi connectivity index (χ0v) is 13.5. The van der Waals surface area contributed by atoms with E-state index in [4.69, 9.17) is 0 Å². The summed E-state index contributed by atoms with van der Waals surface area (Å²) in [4.78, 5) is 35.6. The van der Waals surface area contributed by atoms with Crippen molar-refractivity contribution in [3.63, 3.8) is 0 Å². The van der Waals surface area contributed by atoms with Gasteiger partial charge in [0.1, 0.15) is 0 Å². The lowest BCUT2D eigenvalue weighted by molar-refractivity contribution is 0.0915. The molecular weight excluding hydrogens is 304 g/mol. The third-order valence-corrected chi connectivity index (χ3v) is 3.82. The predicted molar refractivity (Wildman–Crippen MR) is 91.6 cm³/mol. The highest BCUT2D eigenvalue weighted by Crippen LogP contribution is 2.21. The minimum atomic E-state index is -0.416. The van der Waals surface area contributed by atoms with Gasteiger partial charge in [-0.15, -0.1) is 0 Å². The lowest BCUT2D eigenvalue weighted by Gasteiger charge is -2.22. The van der Waals surface area contributed by atoms with Crippen LogP contribution in [0.5, 0.6) is 0 Å². The molecule has 0 aliphatic rings. The van der Waals surface area contributed by atoms with Gasteiger partial charge in [-0.3, -0.25) is 14.6 Å². The predicted octanol–water partition coefficient (Wildman–Crippen LogP) is 2.45. The summed E-state index contributed by atoms with van der Waals surface area (Å²) >= 11 is 0. The van der Waals surface area contributed by atoms with Gasteiger partial charge in [0.15, 0.2) is 5.82 Å². The van der Waals surface area contributed by atoms with Crippen LogP contribution in [0.1, 0.15) is 36.1 Å². The fourth-order valence-corrected chi connectivity index (χ4v) is 2.60. The van der Waals surface area contributed by atoms with Crippen molar-refractivity contribution in [3.8, 4) is 0 Å². The maximum Gasteiger partial charge on any atom is 0.287 e. The summed E-state index contributed by atoms with van der Waals surface area (Å²) in [7, 11) is 0. The van der Waals surface area contributed by atoms with Gasteiger partial charge in [-0.05, 0) is 29.7 Å². The van der Waals surface area contributed by atoms with E-state index in [9.17, 15) is 9.59 Å². The van der Waals surface area contributed by atoms with Crippen LogP contribution in [0.2, 0.25) is 0 Å². The summed E-state index contributed by atoms with van der Waals surface area (Å²) in [5.41, 5.74) is 1.08.